The van der Waals surface area contributed by atoms with Crippen molar-refractivity contribution >= 4 is 41.5 Å². The average Bonchev–Trinajstić information content (AvgIpc) is 3.21. The molecule has 8 nitrogen and oxygen atoms in total. The van der Waals surface area contributed by atoms with E-state index in [0.717, 1.165) is 31.6 Å². The highest BCUT2D eigenvalue weighted by Gasteiger charge is 2.21. The number of carbonyl (C=O) groups excluding carboxylic acids is 1. The van der Waals surface area contributed by atoms with E-state index in [1.165, 1.54) is 6.07 Å². The van der Waals surface area contributed by atoms with Crippen LogP contribution >= 0.6 is 24.0 Å². The Balaban J connectivity index is 0.00000341. The molecule has 1 amide bonds. The Kier molecular flexibility index (Phi) is 9.34. The fourth-order valence-electron chi connectivity index (χ4n) is 3.33. The lowest BCUT2D eigenvalue weighted by atomic mass is 10.0. The van der Waals surface area contributed by atoms with E-state index in [2.05, 4.69) is 25.3 Å². The number of aliphatic imine (C=N–C) groups is 1. The van der Waals surface area contributed by atoms with Crippen LogP contribution in [-0.4, -0.2) is 44.7 Å². The molecule has 31 heavy (non-hydrogen) atoms. The van der Waals surface area contributed by atoms with Gasteiger partial charge in [-0.05, 0) is 49.2 Å². The van der Waals surface area contributed by atoms with Crippen molar-refractivity contribution in [2.75, 3.05) is 25.0 Å². The van der Waals surface area contributed by atoms with Crippen molar-refractivity contribution in [3.63, 3.8) is 0 Å². The second-order valence-corrected chi connectivity index (χ2v) is 6.86. The van der Waals surface area contributed by atoms with Crippen LogP contribution in [0.1, 0.15) is 29.2 Å². The zero-order valence-corrected chi connectivity index (χ0v) is 19.3. The van der Waals surface area contributed by atoms with Crippen LogP contribution in [0.25, 0.3) is 0 Å². The Bertz CT molecular complexity index is 876. The summed E-state index contributed by atoms with van der Waals surface area (Å²) in [5.41, 5.74) is 6.13. The summed E-state index contributed by atoms with van der Waals surface area (Å²) in [5.74, 6) is 0.827. The molecule has 4 N–H and O–H groups in total. The van der Waals surface area contributed by atoms with E-state index in [4.69, 9.17) is 10.2 Å². The molecule has 2 aromatic rings. The number of furan rings is 1. The predicted molar refractivity (Wildman–Crippen MR) is 124 cm³/mol. The molecular formula is C20H26F2IN5O3. The normalized spacial score (nSPS) is 16.6. The summed E-state index contributed by atoms with van der Waals surface area (Å²) in [4.78, 5) is 17.5. The fourth-order valence-corrected chi connectivity index (χ4v) is 3.33. The first-order valence-corrected chi connectivity index (χ1v) is 9.60. The molecule has 0 radical (unpaired) electrons. The van der Waals surface area contributed by atoms with Crippen LogP contribution in [0.5, 0.6) is 5.75 Å². The van der Waals surface area contributed by atoms with Crippen molar-refractivity contribution in [3.8, 4) is 5.75 Å². The van der Waals surface area contributed by atoms with Gasteiger partial charge in [-0.25, -0.2) is 0 Å². The van der Waals surface area contributed by atoms with Gasteiger partial charge in [0.25, 0.3) is 5.91 Å². The SMILES string of the molecule is CN=C(NCc1ccc(C(N)=O)o1)NC1CCCN(c2ccc(OC(F)F)cc2)C1.I. The Labute approximate surface area is 196 Å². The van der Waals surface area contributed by atoms with Gasteiger partial charge in [0, 0.05) is 31.9 Å². The summed E-state index contributed by atoms with van der Waals surface area (Å²) in [6.07, 6.45) is 1.94. The Morgan fingerprint density at radius 1 is 1.32 bits per heavy atom. The van der Waals surface area contributed by atoms with Crippen molar-refractivity contribution in [3.05, 3.63) is 47.9 Å². The number of hydrogen-bond donors (Lipinski definition) is 3. The molecule has 0 bridgehead atoms. The fraction of sp³-hybridized carbons (Fsp3) is 0.400. The van der Waals surface area contributed by atoms with Crippen LogP contribution in [0.2, 0.25) is 0 Å². The summed E-state index contributed by atoms with van der Waals surface area (Å²) in [6, 6.07) is 10.0. The number of ether oxygens (including phenoxy) is 1. The van der Waals surface area contributed by atoms with E-state index in [1.54, 1.807) is 37.4 Å². The second kappa shape index (κ2) is 11.7. The van der Waals surface area contributed by atoms with Crippen LogP contribution in [0.15, 0.2) is 45.8 Å². The number of halogens is 3. The topological polar surface area (TPSA) is 105 Å². The molecule has 1 atom stereocenters. The maximum Gasteiger partial charge on any atom is 0.387 e. The number of nitrogens with one attached hydrogen (secondary N) is 2. The monoisotopic (exact) mass is 549 g/mol. The Hall–Kier alpha value is -2.57. The van der Waals surface area contributed by atoms with Crippen LogP contribution in [0.3, 0.4) is 0 Å². The summed E-state index contributed by atoms with van der Waals surface area (Å²) in [7, 11) is 1.68. The van der Waals surface area contributed by atoms with E-state index in [0.29, 0.717) is 18.3 Å². The van der Waals surface area contributed by atoms with Gasteiger partial charge in [-0.3, -0.25) is 9.79 Å². The van der Waals surface area contributed by atoms with Crippen molar-refractivity contribution in [1.29, 1.82) is 0 Å². The Morgan fingerprint density at radius 3 is 2.68 bits per heavy atom. The molecule has 1 aromatic carbocycles. The van der Waals surface area contributed by atoms with Gasteiger partial charge in [-0.1, -0.05) is 0 Å². The molecule has 1 unspecified atom stereocenters. The zero-order chi connectivity index (χ0) is 21.5. The largest absolute Gasteiger partial charge is 0.454 e. The third kappa shape index (κ3) is 7.26. The summed E-state index contributed by atoms with van der Waals surface area (Å²) in [6.45, 7) is -0.860. The molecule has 170 valence electrons. The number of rotatable bonds is 7. The number of alkyl halides is 2. The average molecular weight is 549 g/mol. The summed E-state index contributed by atoms with van der Waals surface area (Å²) < 4.78 is 34.4. The van der Waals surface area contributed by atoms with Gasteiger partial charge in [0.05, 0.1) is 6.54 Å². The van der Waals surface area contributed by atoms with Gasteiger partial charge in [0.1, 0.15) is 11.5 Å². The smallest absolute Gasteiger partial charge is 0.387 e. The summed E-state index contributed by atoms with van der Waals surface area (Å²) in [5, 5.41) is 6.54. The lowest BCUT2D eigenvalue weighted by Gasteiger charge is -2.35. The van der Waals surface area contributed by atoms with Crippen LogP contribution in [0.4, 0.5) is 14.5 Å². The number of nitrogens with two attached hydrogens (primary N) is 1. The molecule has 1 aliphatic heterocycles. The van der Waals surface area contributed by atoms with E-state index in [-0.39, 0.29) is 41.5 Å². The van der Waals surface area contributed by atoms with Gasteiger partial charge in [-0.2, -0.15) is 8.78 Å². The number of hydrogen-bond acceptors (Lipinski definition) is 5. The molecule has 11 heteroatoms. The third-order valence-electron chi connectivity index (χ3n) is 4.75. The maximum atomic E-state index is 12.3. The highest BCUT2D eigenvalue weighted by atomic mass is 127. The first-order valence-electron chi connectivity index (χ1n) is 9.60. The van der Waals surface area contributed by atoms with Crippen molar-refractivity contribution in [2.24, 2.45) is 10.7 Å². The van der Waals surface area contributed by atoms with Crippen LogP contribution < -0.4 is 26.0 Å². The first kappa shape index (κ1) is 24.7. The van der Waals surface area contributed by atoms with E-state index in [1.807, 2.05) is 0 Å². The minimum Gasteiger partial charge on any atom is -0.454 e. The maximum absolute atomic E-state index is 12.3. The van der Waals surface area contributed by atoms with Gasteiger partial charge in [0.15, 0.2) is 11.7 Å². The number of primary amides is 1. The Morgan fingerprint density at radius 2 is 2.06 bits per heavy atom. The van der Waals surface area contributed by atoms with Gasteiger partial charge < -0.3 is 30.4 Å². The van der Waals surface area contributed by atoms with E-state index >= 15 is 0 Å². The lowest BCUT2D eigenvalue weighted by Crippen LogP contribution is -2.51. The molecule has 0 saturated carbocycles. The van der Waals surface area contributed by atoms with Gasteiger partial charge >= 0.3 is 6.61 Å². The minimum atomic E-state index is -2.83. The standard InChI is InChI=1S/C20H25F2N5O3.HI/c1-24-20(25-11-16-8-9-17(29-16)18(23)28)26-13-3-2-10-27(12-13)14-4-6-15(7-5-14)30-19(21)22;/h4-9,13,19H,2-3,10-12H2,1H3,(H2,23,28)(H2,24,25,26);1H. The lowest BCUT2D eigenvalue weighted by molar-refractivity contribution is -0.0498. The number of nitrogens with zero attached hydrogens (tertiary/aromatic N) is 2. The van der Waals surface area contributed by atoms with Gasteiger partial charge in [0.2, 0.25) is 0 Å². The molecule has 0 spiro atoms. The molecular weight excluding hydrogens is 523 g/mol. The molecule has 2 heterocycles. The molecule has 0 aliphatic carbocycles. The minimum absolute atomic E-state index is 0. The quantitative estimate of drug-likeness (QED) is 0.279. The van der Waals surface area contributed by atoms with Crippen molar-refractivity contribution < 1.29 is 22.7 Å². The number of piperidine rings is 1. The number of carbonyl (C=O) groups is 1. The third-order valence-corrected chi connectivity index (χ3v) is 4.75. The van der Waals surface area contributed by atoms with Crippen molar-refractivity contribution in [1.82, 2.24) is 10.6 Å². The number of amides is 1. The van der Waals surface area contributed by atoms with E-state index < -0.39 is 12.5 Å². The number of guanidine groups is 1. The van der Waals surface area contributed by atoms with Gasteiger partial charge in [-0.15, -0.1) is 24.0 Å². The molecule has 1 aromatic heterocycles. The molecule has 1 saturated heterocycles. The van der Waals surface area contributed by atoms with Crippen LogP contribution in [0, 0.1) is 0 Å². The molecule has 1 fully saturated rings. The number of anilines is 1. The second-order valence-electron chi connectivity index (χ2n) is 6.86. The highest BCUT2D eigenvalue weighted by Crippen LogP contribution is 2.23. The summed E-state index contributed by atoms with van der Waals surface area (Å²) >= 11 is 0. The van der Waals surface area contributed by atoms with E-state index in [9.17, 15) is 13.6 Å². The zero-order valence-electron chi connectivity index (χ0n) is 17.0. The number of benzene rings is 1. The van der Waals surface area contributed by atoms with Crippen LogP contribution in [-0.2, 0) is 6.54 Å². The first-order chi connectivity index (χ1) is 14.4. The molecule has 1 aliphatic rings. The predicted octanol–water partition coefficient (Wildman–Crippen LogP) is 2.93. The highest BCUT2D eigenvalue weighted by molar-refractivity contribution is 14.0. The molecule has 3 rings (SSSR count). The van der Waals surface area contributed by atoms with Crippen molar-refractivity contribution in [2.45, 2.75) is 32.0 Å².